The van der Waals surface area contributed by atoms with E-state index in [2.05, 4.69) is 22.9 Å². The van der Waals surface area contributed by atoms with Crippen LogP contribution in [0.1, 0.15) is 39.9 Å². The summed E-state index contributed by atoms with van der Waals surface area (Å²) in [5, 5.41) is 3.02. The van der Waals surface area contributed by atoms with E-state index >= 15 is 0 Å². The van der Waals surface area contributed by atoms with Gasteiger partial charge in [0.1, 0.15) is 11.9 Å². The van der Waals surface area contributed by atoms with Gasteiger partial charge < -0.3 is 14.8 Å². The van der Waals surface area contributed by atoms with Crippen LogP contribution in [0.15, 0.2) is 24.3 Å². The van der Waals surface area contributed by atoms with Crippen LogP contribution in [0.3, 0.4) is 0 Å². The van der Waals surface area contributed by atoms with E-state index in [0.717, 1.165) is 23.4 Å². The van der Waals surface area contributed by atoms with E-state index in [1.807, 2.05) is 39.0 Å². The minimum atomic E-state index is -0.371. The highest BCUT2D eigenvalue weighted by Gasteiger charge is 2.35. The second-order valence-electron chi connectivity index (χ2n) is 8.42. The average Bonchev–Trinajstić information content (AvgIpc) is 3.24. The molecule has 6 nitrogen and oxygen atoms in total. The Morgan fingerprint density at radius 1 is 1.29 bits per heavy atom. The highest BCUT2D eigenvalue weighted by molar-refractivity contribution is 7.99. The van der Waals surface area contributed by atoms with Crippen molar-refractivity contribution in [3.05, 3.63) is 30.1 Å². The van der Waals surface area contributed by atoms with E-state index < -0.39 is 0 Å². The molecule has 1 fully saturated rings. The summed E-state index contributed by atoms with van der Waals surface area (Å²) in [5.41, 5.74) is 2.03. The third-order valence-electron chi connectivity index (χ3n) is 4.88. The number of hydrogen-bond donors (Lipinski definition) is 1. The largest absolute Gasteiger partial charge is 0.354 e. The molecule has 0 spiro atoms. The first-order valence-electron chi connectivity index (χ1n) is 9.89. The van der Waals surface area contributed by atoms with Crippen LogP contribution in [0.5, 0.6) is 0 Å². The fraction of sp³-hybridized carbons (Fsp3) is 0.571. The highest BCUT2D eigenvalue weighted by atomic mass is 32.2. The topological polar surface area (TPSA) is 67.2 Å². The Hall–Kier alpha value is -2.02. The second-order valence-corrected chi connectivity index (χ2v) is 9.42. The molecule has 152 valence electrons. The fourth-order valence-corrected chi connectivity index (χ4v) is 4.73. The van der Waals surface area contributed by atoms with E-state index in [0.29, 0.717) is 31.0 Å². The lowest BCUT2D eigenvalue weighted by atomic mass is 9.91. The molecule has 0 aliphatic carbocycles. The lowest BCUT2D eigenvalue weighted by Crippen LogP contribution is -2.48. The molecule has 2 heterocycles. The van der Waals surface area contributed by atoms with Gasteiger partial charge in [-0.25, -0.2) is 4.98 Å². The van der Waals surface area contributed by atoms with Gasteiger partial charge in [0.2, 0.25) is 11.8 Å². The third kappa shape index (κ3) is 4.69. The van der Waals surface area contributed by atoms with Crippen molar-refractivity contribution < 1.29 is 9.59 Å². The quantitative estimate of drug-likeness (QED) is 0.806. The molecule has 0 bridgehead atoms. The molecule has 28 heavy (non-hydrogen) atoms. The number of carbonyl (C=O) groups excluding carboxylic acids is 2. The van der Waals surface area contributed by atoms with Gasteiger partial charge in [0, 0.05) is 31.7 Å². The first-order valence-corrected chi connectivity index (χ1v) is 11.0. The standard InChI is InChI=1S/C21H30N4O2S/c1-5-24-16-9-7-6-8-15(16)23-18(24)10-11-22-20(27)17-13-28-14-25(17)19(26)12-21(2,3)4/h6-9,17H,5,10-14H2,1-4H3,(H,22,27). The Kier molecular flexibility index (Phi) is 6.33. The molecule has 1 aliphatic heterocycles. The number of nitrogens with zero attached hydrogens (tertiary/aromatic N) is 3. The van der Waals surface area contributed by atoms with Crippen LogP contribution in [0.4, 0.5) is 0 Å². The maximum absolute atomic E-state index is 12.7. The molecule has 1 saturated heterocycles. The van der Waals surface area contributed by atoms with Gasteiger partial charge in [0.15, 0.2) is 0 Å². The highest BCUT2D eigenvalue weighted by Crippen LogP contribution is 2.26. The molecule has 0 radical (unpaired) electrons. The molecule has 3 rings (SSSR count). The minimum absolute atomic E-state index is 0.0606. The van der Waals surface area contributed by atoms with Crippen molar-refractivity contribution in [2.45, 2.75) is 53.1 Å². The van der Waals surface area contributed by atoms with Crippen LogP contribution in [0.25, 0.3) is 11.0 Å². The normalized spacial score (nSPS) is 17.3. The fourth-order valence-electron chi connectivity index (χ4n) is 3.55. The summed E-state index contributed by atoms with van der Waals surface area (Å²) in [6.07, 6.45) is 1.13. The van der Waals surface area contributed by atoms with E-state index in [9.17, 15) is 9.59 Å². The number of nitrogens with one attached hydrogen (secondary N) is 1. The summed E-state index contributed by atoms with van der Waals surface area (Å²) in [5.74, 6) is 2.23. The average molecular weight is 403 g/mol. The van der Waals surface area contributed by atoms with Crippen molar-refractivity contribution in [1.29, 1.82) is 0 Å². The molecule has 7 heteroatoms. The van der Waals surface area contributed by atoms with E-state index in [-0.39, 0.29) is 23.3 Å². The minimum Gasteiger partial charge on any atom is -0.354 e. The Morgan fingerprint density at radius 3 is 2.75 bits per heavy atom. The summed E-state index contributed by atoms with van der Waals surface area (Å²) in [6.45, 7) is 9.60. The zero-order valence-electron chi connectivity index (χ0n) is 17.2. The molecule has 1 unspecified atom stereocenters. The predicted molar refractivity (Wildman–Crippen MR) is 114 cm³/mol. The van der Waals surface area contributed by atoms with Gasteiger partial charge in [0.25, 0.3) is 0 Å². The van der Waals surface area contributed by atoms with Crippen LogP contribution in [0, 0.1) is 5.41 Å². The summed E-state index contributed by atoms with van der Waals surface area (Å²) >= 11 is 1.64. The van der Waals surface area contributed by atoms with Gasteiger partial charge in [-0.05, 0) is 24.5 Å². The molecular formula is C21H30N4O2S. The Balaban J connectivity index is 1.59. The summed E-state index contributed by atoms with van der Waals surface area (Å²) in [7, 11) is 0. The SMILES string of the molecule is CCn1c(CCNC(=O)C2CSCN2C(=O)CC(C)(C)C)nc2ccccc21. The molecule has 2 amide bonds. The first kappa shape index (κ1) is 20.7. The van der Waals surface area contributed by atoms with E-state index in [1.54, 1.807) is 16.7 Å². The van der Waals surface area contributed by atoms with Crippen molar-refractivity contribution in [3.63, 3.8) is 0 Å². The van der Waals surface area contributed by atoms with Gasteiger partial charge in [-0.3, -0.25) is 9.59 Å². The monoisotopic (exact) mass is 402 g/mol. The van der Waals surface area contributed by atoms with Gasteiger partial charge in [-0.1, -0.05) is 32.9 Å². The van der Waals surface area contributed by atoms with Gasteiger partial charge in [0.05, 0.1) is 16.9 Å². The zero-order valence-corrected chi connectivity index (χ0v) is 18.0. The molecule has 1 atom stereocenters. The number of thioether (sulfide) groups is 1. The lowest BCUT2D eigenvalue weighted by Gasteiger charge is -2.26. The van der Waals surface area contributed by atoms with Gasteiger partial charge in [-0.2, -0.15) is 0 Å². The van der Waals surface area contributed by atoms with Crippen LogP contribution >= 0.6 is 11.8 Å². The third-order valence-corrected chi connectivity index (χ3v) is 5.90. The number of amides is 2. The number of carbonyl (C=O) groups is 2. The molecule has 1 aromatic carbocycles. The van der Waals surface area contributed by atoms with Crippen LogP contribution in [0.2, 0.25) is 0 Å². The zero-order chi connectivity index (χ0) is 20.3. The predicted octanol–water partition coefficient (Wildman–Crippen LogP) is 3.05. The lowest BCUT2D eigenvalue weighted by molar-refractivity contribution is -0.139. The summed E-state index contributed by atoms with van der Waals surface area (Å²) in [4.78, 5) is 31.7. The number of para-hydroxylation sites is 2. The van der Waals surface area contributed by atoms with Crippen molar-refractivity contribution >= 4 is 34.6 Å². The molecular weight excluding hydrogens is 372 g/mol. The van der Waals surface area contributed by atoms with E-state index in [4.69, 9.17) is 4.98 Å². The second kappa shape index (κ2) is 8.55. The molecule has 1 aliphatic rings. The number of fused-ring (bicyclic) bond motifs is 1. The number of aryl methyl sites for hydroxylation is 1. The number of benzene rings is 1. The Morgan fingerprint density at radius 2 is 2.04 bits per heavy atom. The maximum atomic E-state index is 12.7. The van der Waals surface area contributed by atoms with E-state index in [1.165, 1.54) is 0 Å². The van der Waals surface area contributed by atoms with Crippen LogP contribution in [-0.2, 0) is 22.6 Å². The smallest absolute Gasteiger partial charge is 0.243 e. The van der Waals surface area contributed by atoms with Crippen molar-refractivity contribution in [3.8, 4) is 0 Å². The first-order chi connectivity index (χ1) is 13.3. The maximum Gasteiger partial charge on any atom is 0.243 e. The molecule has 1 N–H and O–H groups in total. The van der Waals surface area contributed by atoms with Crippen LogP contribution in [-0.4, -0.2) is 50.5 Å². The summed E-state index contributed by atoms with van der Waals surface area (Å²) in [6, 6.07) is 7.72. The van der Waals surface area contributed by atoms with Gasteiger partial charge in [-0.15, -0.1) is 11.8 Å². The number of rotatable bonds is 6. The van der Waals surface area contributed by atoms with Crippen LogP contribution < -0.4 is 5.32 Å². The van der Waals surface area contributed by atoms with Gasteiger partial charge >= 0.3 is 0 Å². The molecule has 2 aromatic rings. The Labute approximate surface area is 171 Å². The molecule has 1 aromatic heterocycles. The van der Waals surface area contributed by atoms with Crippen molar-refractivity contribution in [2.24, 2.45) is 5.41 Å². The number of hydrogen-bond acceptors (Lipinski definition) is 4. The Bertz CT molecular complexity index is 856. The summed E-state index contributed by atoms with van der Waals surface area (Å²) < 4.78 is 2.19. The number of aromatic nitrogens is 2. The van der Waals surface area contributed by atoms with Crippen molar-refractivity contribution in [1.82, 2.24) is 19.8 Å². The number of imidazole rings is 1. The molecule has 0 saturated carbocycles. The van der Waals surface area contributed by atoms with Crippen molar-refractivity contribution in [2.75, 3.05) is 18.2 Å².